The van der Waals surface area contributed by atoms with E-state index >= 15 is 0 Å². The van der Waals surface area contributed by atoms with Gasteiger partial charge in [-0.1, -0.05) is 84.0 Å². The fourth-order valence-electron chi connectivity index (χ4n) is 3.60. The van der Waals surface area contributed by atoms with Crippen molar-refractivity contribution in [2.45, 2.75) is 109 Å². The highest BCUT2D eigenvalue weighted by atomic mass is 79.9. The van der Waals surface area contributed by atoms with Gasteiger partial charge in [-0.05, 0) is 12.8 Å². The molecule has 0 unspecified atom stereocenters. The van der Waals surface area contributed by atoms with E-state index in [4.69, 9.17) is 20.4 Å². The molecule has 1 aliphatic heterocycles. The van der Waals surface area contributed by atoms with Crippen LogP contribution >= 0.6 is 0 Å². The third-order valence-electron chi connectivity index (χ3n) is 5.66. The third kappa shape index (κ3) is 18.2. The number of aliphatic hydroxyl groups is 4. The summed E-state index contributed by atoms with van der Waals surface area (Å²) in [5.41, 5.74) is 0. The zero-order valence-corrected chi connectivity index (χ0v) is 23.0. The SMILES string of the molecule is CCCCCCCCCCCCCCCC[N+](C)(C)C.O=C1O[C@H]([C@@H](O)CO)C(O)=C1O.[Br-]. The van der Waals surface area contributed by atoms with Gasteiger partial charge in [-0.15, -0.1) is 0 Å². The first-order valence-electron chi connectivity index (χ1n) is 12.6. The van der Waals surface area contributed by atoms with Crippen LogP contribution in [0.25, 0.3) is 0 Å². The summed E-state index contributed by atoms with van der Waals surface area (Å²) in [5.74, 6) is -2.78. The van der Waals surface area contributed by atoms with Gasteiger partial charge in [0, 0.05) is 0 Å². The van der Waals surface area contributed by atoms with Crippen LogP contribution in [0, 0.1) is 0 Å². The van der Waals surface area contributed by atoms with Crippen molar-refractivity contribution in [2.24, 2.45) is 0 Å². The van der Waals surface area contributed by atoms with Crippen molar-refractivity contribution in [1.82, 2.24) is 0 Å². The Hall–Kier alpha value is -0.830. The molecule has 0 aromatic rings. The lowest BCUT2D eigenvalue weighted by Gasteiger charge is -2.23. The Kier molecular flexibility index (Phi) is 21.4. The molecule has 0 aliphatic carbocycles. The van der Waals surface area contributed by atoms with E-state index in [1.165, 1.54) is 96.4 Å². The monoisotopic (exact) mass is 539 g/mol. The molecule has 198 valence electrons. The molecule has 4 N–H and O–H groups in total. The fourth-order valence-corrected chi connectivity index (χ4v) is 3.60. The van der Waals surface area contributed by atoms with Gasteiger partial charge in [0.2, 0.25) is 5.76 Å². The second-order valence-corrected chi connectivity index (χ2v) is 9.92. The third-order valence-corrected chi connectivity index (χ3v) is 5.66. The van der Waals surface area contributed by atoms with Gasteiger partial charge in [0.05, 0.1) is 34.3 Å². The summed E-state index contributed by atoms with van der Waals surface area (Å²) in [4.78, 5) is 10.5. The van der Waals surface area contributed by atoms with Crippen LogP contribution < -0.4 is 17.0 Å². The van der Waals surface area contributed by atoms with Gasteiger partial charge >= 0.3 is 5.97 Å². The first-order valence-corrected chi connectivity index (χ1v) is 12.6. The van der Waals surface area contributed by atoms with Crippen molar-refractivity contribution in [2.75, 3.05) is 34.3 Å². The Labute approximate surface area is 212 Å². The fraction of sp³-hybridized carbons (Fsp3) is 0.880. The standard InChI is InChI=1S/C19H42N.C6H8O6.BrH/c1-5-6-7-8-9-10-11-12-13-14-15-16-17-18-19-20(2,3)4;7-1-2(8)5-3(9)4(10)6(11)12-5;/h5-19H2,1-4H3;2,5,7-10H,1H2;1H/q+1;;/p-1/t;2-,5+;/m.0./s1. The van der Waals surface area contributed by atoms with Crippen LogP contribution in [0.5, 0.6) is 0 Å². The summed E-state index contributed by atoms with van der Waals surface area (Å²) < 4.78 is 5.44. The van der Waals surface area contributed by atoms with Gasteiger partial charge < -0.3 is 46.6 Å². The number of hydrogen-bond donors (Lipinski definition) is 4. The van der Waals surface area contributed by atoms with Crippen LogP contribution in [0.1, 0.15) is 96.8 Å². The van der Waals surface area contributed by atoms with Crippen LogP contribution in [-0.2, 0) is 9.53 Å². The molecule has 7 nitrogen and oxygen atoms in total. The van der Waals surface area contributed by atoms with Gasteiger partial charge in [-0.25, -0.2) is 4.79 Å². The van der Waals surface area contributed by atoms with E-state index < -0.39 is 36.3 Å². The maximum Gasteiger partial charge on any atom is 0.377 e. The molecule has 0 saturated carbocycles. The number of cyclic esters (lactones) is 1. The average Bonchev–Trinajstić information content (AvgIpc) is 3.00. The average molecular weight is 541 g/mol. The van der Waals surface area contributed by atoms with E-state index in [1.54, 1.807) is 0 Å². The van der Waals surface area contributed by atoms with Gasteiger partial charge in [-0.3, -0.25) is 0 Å². The quantitative estimate of drug-likeness (QED) is 0.127. The molecule has 1 aliphatic rings. The number of hydrogen-bond acceptors (Lipinski definition) is 6. The zero-order valence-electron chi connectivity index (χ0n) is 21.4. The number of aliphatic hydroxyl groups excluding tert-OH is 4. The van der Waals surface area contributed by atoms with E-state index in [9.17, 15) is 4.79 Å². The summed E-state index contributed by atoms with van der Waals surface area (Å²) in [7, 11) is 6.88. The van der Waals surface area contributed by atoms with E-state index in [1.807, 2.05) is 0 Å². The first kappa shape index (κ1) is 34.3. The molecule has 1 rings (SSSR count). The lowest BCUT2D eigenvalue weighted by Crippen LogP contribution is -3.00. The van der Waals surface area contributed by atoms with Gasteiger partial charge in [0.1, 0.15) is 6.10 Å². The summed E-state index contributed by atoms with van der Waals surface area (Å²) in [6.07, 6.45) is 17.6. The maximum atomic E-state index is 10.5. The highest BCUT2D eigenvalue weighted by molar-refractivity contribution is 5.89. The van der Waals surface area contributed by atoms with E-state index in [0.29, 0.717) is 0 Å². The lowest BCUT2D eigenvalue weighted by molar-refractivity contribution is -0.870. The first-order chi connectivity index (χ1) is 15.1. The molecule has 0 bridgehead atoms. The number of nitrogens with zero attached hydrogens (tertiary/aromatic N) is 1. The summed E-state index contributed by atoms with van der Waals surface area (Å²) in [5, 5.41) is 35.0. The number of quaternary nitrogens is 1. The smallest absolute Gasteiger partial charge is 0.377 e. The minimum Gasteiger partial charge on any atom is -1.00 e. The molecule has 0 spiro atoms. The number of carbonyl (C=O) groups excluding carboxylic acids is 1. The largest absolute Gasteiger partial charge is 1.00 e. The lowest BCUT2D eigenvalue weighted by atomic mass is 10.0. The summed E-state index contributed by atoms with van der Waals surface area (Å²) in [6.45, 7) is 2.95. The molecule has 0 amide bonds. The number of ether oxygens (including phenoxy) is 1. The predicted octanol–water partition coefficient (Wildman–Crippen LogP) is 1.77. The van der Waals surface area contributed by atoms with E-state index in [2.05, 4.69) is 32.8 Å². The van der Waals surface area contributed by atoms with Crippen LogP contribution in [-0.4, -0.2) is 77.4 Å². The summed E-state index contributed by atoms with van der Waals surface area (Å²) >= 11 is 0. The second-order valence-electron chi connectivity index (χ2n) is 9.92. The zero-order chi connectivity index (χ0) is 24.4. The number of halogens is 1. The topological polar surface area (TPSA) is 107 Å². The predicted molar refractivity (Wildman–Crippen MR) is 128 cm³/mol. The molecule has 0 aromatic carbocycles. The van der Waals surface area contributed by atoms with Crippen molar-refractivity contribution in [3.8, 4) is 0 Å². The summed E-state index contributed by atoms with van der Waals surface area (Å²) in [6, 6.07) is 0. The van der Waals surface area contributed by atoms with Crippen molar-refractivity contribution >= 4 is 5.97 Å². The molecule has 0 aromatic heterocycles. The van der Waals surface area contributed by atoms with Gasteiger partial charge in [-0.2, -0.15) is 0 Å². The number of esters is 1. The Morgan fingerprint density at radius 1 is 0.818 bits per heavy atom. The van der Waals surface area contributed by atoms with Gasteiger partial charge in [0.15, 0.2) is 11.9 Å². The van der Waals surface area contributed by atoms with Crippen LogP contribution in [0.4, 0.5) is 0 Å². The minimum atomic E-state index is -1.42. The van der Waals surface area contributed by atoms with Crippen LogP contribution in [0.15, 0.2) is 11.5 Å². The molecule has 0 saturated heterocycles. The van der Waals surface area contributed by atoms with Crippen molar-refractivity contribution in [3.05, 3.63) is 11.5 Å². The van der Waals surface area contributed by atoms with Crippen molar-refractivity contribution in [3.63, 3.8) is 0 Å². The Morgan fingerprint density at radius 3 is 1.52 bits per heavy atom. The highest BCUT2D eigenvalue weighted by Gasteiger charge is 2.38. The molecular weight excluding hydrogens is 490 g/mol. The maximum absolute atomic E-state index is 10.5. The van der Waals surface area contributed by atoms with Crippen LogP contribution in [0.2, 0.25) is 0 Å². The van der Waals surface area contributed by atoms with E-state index in [0.717, 1.165) is 4.48 Å². The van der Waals surface area contributed by atoms with E-state index in [-0.39, 0.29) is 17.0 Å². The Morgan fingerprint density at radius 2 is 1.21 bits per heavy atom. The number of unbranched alkanes of at least 4 members (excludes halogenated alkanes) is 13. The molecule has 0 radical (unpaired) electrons. The Balaban J connectivity index is 0. The molecule has 33 heavy (non-hydrogen) atoms. The second kappa shape index (κ2) is 20.5. The highest BCUT2D eigenvalue weighted by Crippen LogP contribution is 2.21. The molecular formula is C25H50BrNO6. The Bertz CT molecular complexity index is 522. The number of rotatable bonds is 17. The number of carbonyl (C=O) groups is 1. The van der Waals surface area contributed by atoms with Crippen molar-refractivity contribution in [1.29, 1.82) is 0 Å². The normalized spacial score (nSPS) is 16.7. The van der Waals surface area contributed by atoms with Crippen molar-refractivity contribution < 1.29 is 51.4 Å². The molecule has 8 heteroatoms. The molecule has 2 atom stereocenters. The molecule has 1 heterocycles. The molecule has 0 fully saturated rings. The van der Waals surface area contributed by atoms with Gasteiger partial charge in [0.25, 0.3) is 0 Å². The van der Waals surface area contributed by atoms with Crippen LogP contribution in [0.3, 0.4) is 0 Å². The minimum absolute atomic E-state index is 0.